The fourth-order valence-corrected chi connectivity index (χ4v) is 5.55. The van der Waals surface area contributed by atoms with Gasteiger partial charge in [-0.3, -0.25) is 9.58 Å². The Balaban J connectivity index is 0.968. The summed E-state index contributed by atoms with van der Waals surface area (Å²) in [4.78, 5) is 22.4. The van der Waals surface area contributed by atoms with Gasteiger partial charge in [-0.25, -0.2) is 9.79 Å². The summed E-state index contributed by atoms with van der Waals surface area (Å²) < 4.78 is 18.8. The van der Waals surface area contributed by atoms with Crippen LogP contribution in [0.1, 0.15) is 50.6 Å². The summed E-state index contributed by atoms with van der Waals surface area (Å²) in [6.07, 6.45) is 8.69. The number of fused-ring (bicyclic) bond motifs is 1. The number of hydrogen-bond donors (Lipinski definition) is 2. The van der Waals surface area contributed by atoms with Gasteiger partial charge in [0.25, 0.3) is 0 Å². The number of anilines is 1. The van der Waals surface area contributed by atoms with Crippen molar-refractivity contribution in [2.45, 2.75) is 63.8 Å². The number of hydrogen-bond acceptors (Lipinski definition) is 11. The Kier molecular flexibility index (Phi) is 7.76. The summed E-state index contributed by atoms with van der Waals surface area (Å²) in [5.41, 5.74) is 13.6. The zero-order valence-corrected chi connectivity index (χ0v) is 23.3. The highest BCUT2D eigenvalue weighted by atomic mass is 16.5. The minimum absolute atomic E-state index is 0.241. The SMILES string of the molecule is NC1=NC2(CCCCC2)N(c2ccc(OCc3cn(CCCCOc4ccc5ccc(=O)oc5c4)nn3)cc2)C(N)=N1. The lowest BCUT2D eigenvalue weighted by Gasteiger charge is -2.45. The summed E-state index contributed by atoms with van der Waals surface area (Å²) >= 11 is 0. The number of guanidine groups is 2. The van der Waals surface area contributed by atoms with Gasteiger partial charge in [-0.15, -0.1) is 5.10 Å². The predicted octanol–water partition coefficient (Wildman–Crippen LogP) is 3.93. The first-order valence-electron chi connectivity index (χ1n) is 14.3. The largest absolute Gasteiger partial charge is 0.493 e. The monoisotopic (exact) mass is 570 g/mol. The molecule has 4 aromatic rings. The fraction of sp³-hybridized carbons (Fsp3) is 0.367. The summed E-state index contributed by atoms with van der Waals surface area (Å²) in [7, 11) is 0. The van der Waals surface area contributed by atoms with Crippen molar-refractivity contribution in [3.8, 4) is 11.5 Å². The zero-order valence-electron chi connectivity index (χ0n) is 23.3. The third-order valence-corrected chi connectivity index (χ3v) is 7.56. The first kappa shape index (κ1) is 27.3. The van der Waals surface area contributed by atoms with Crippen LogP contribution >= 0.6 is 0 Å². The summed E-state index contributed by atoms with van der Waals surface area (Å²) in [6.45, 7) is 1.56. The molecule has 0 bridgehead atoms. The normalized spacial score (nSPS) is 16.3. The number of aromatic nitrogens is 3. The molecule has 0 unspecified atom stereocenters. The molecule has 218 valence electrons. The first-order valence-corrected chi connectivity index (χ1v) is 14.3. The van der Waals surface area contributed by atoms with Crippen molar-refractivity contribution in [2.24, 2.45) is 21.5 Å². The van der Waals surface area contributed by atoms with Gasteiger partial charge in [-0.2, -0.15) is 4.99 Å². The molecule has 6 rings (SSSR count). The number of ether oxygens (including phenoxy) is 2. The van der Waals surface area contributed by atoms with Crippen molar-refractivity contribution in [3.05, 3.63) is 76.9 Å². The number of aryl methyl sites for hydroxylation is 1. The molecule has 1 saturated carbocycles. The molecule has 12 heteroatoms. The molecule has 0 saturated heterocycles. The zero-order chi connectivity index (χ0) is 28.9. The van der Waals surface area contributed by atoms with Crippen molar-refractivity contribution in [1.29, 1.82) is 0 Å². The lowest BCUT2D eigenvalue weighted by Crippen LogP contribution is -2.58. The average Bonchev–Trinajstić information content (AvgIpc) is 3.44. The third-order valence-electron chi connectivity index (χ3n) is 7.56. The number of nitrogens with zero attached hydrogens (tertiary/aromatic N) is 6. The highest BCUT2D eigenvalue weighted by molar-refractivity contribution is 6.05. The first-order chi connectivity index (χ1) is 20.5. The minimum atomic E-state index is -0.476. The molecular weight excluding hydrogens is 536 g/mol. The van der Waals surface area contributed by atoms with E-state index in [-0.39, 0.29) is 11.6 Å². The molecule has 1 aliphatic carbocycles. The van der Waals surface area contributed by atoms with Gasteiger partial charge in [-0.1, -0.05) is 11.6 Å². The van der Waals surface area contributed by atoms with Crippen LogP contribution < -0.4 is 31.5 Å². The van der Waals surface area contributed by atoms with E-state index in [1.54, 1.807) is 16.8 Å². The molecular formula is C30H34N8O4. The molecule has 1 spiro atoms. The van der Waals surface area contributed by atoms with E-state index >= 15 is 0 Å². The van der Waals surface area contributed by atoms with Crippen molar-refractivity contribution in [3.63, 3.8) is 0 Å². The van der Waals surface area contributed by atoms with Crippen molar-refractivity contribution in [2.75, 3.05) is 11.5 Å². The quantitative estimate of drug-likeness (QED) is 0.213. The smallest absolute Gasteiger partial charge is 0.336 e. The Labute approximate surface area is 242 Å². The van der Waals surface area contributed by atoms with Crippen LogP contribution in [-0.2, 0) is 13.2 Å². The van der Waals surface area contributed by atoms with E-state index in [9.17, 15) is 4.79 Å². The fourth-order valence-electron chi connectivity index (χ4n) is 5.55. The number of benzene rings is 2. The van der Waals surface area contributed by atoms with E-state index in [0.717, 1.165) is 55.3 Å². The Hall–Kier alpha value is -4.87. The van der Waals surface area contributed by atoms with Crippen molar-refractivity contribution < 1.29 is 13.9 Å². The molecule has 1 fully saturated rings. The molecule has 2 aromatic carbocycles. The van der Waals surface area contributed by atoms with Gasteiger partial charge in [0.2, 0.25) is 11.9 Å². The Bertz CT molecular complexity index is 1650. The van der Waals surface area contributed by atoms with E-state index in [1.165, 1.54) is 12.5 Å². The van der Waals surface area contributed by atoms with Crippen molar-refractivity contribution in [1.82, 2.24) is 15.0 Å². The lowest BCUT2D eigenvalue weighted by atomic mass is 9.87. The third kappa shape index (κ3) is 6.07. The van der Waals surface area contributed by atoms with Crippen LogP contribution in [0.3, 0.4) is 0 Å². The number of nitrogens with two attached hydrogens (primary N) is 2. The Morgan fingerprint density at radius 1 is 0.929 bits per heavy atom. The number of aliphatic imine (C=N–C) groups is 2. The maximum atomic E-state index is 11.4. The molecule has 0 atom stereocenters. The van der Waals surface area contributed by atoms with Gasteiger partial charge in [0, 0.05) is 29.8 Å². The second-order valence-corrected chi connectivity index (χ2v) is 10.6. The van der Waals surface area contributed by atoms with Crippen LogP contribution in [0.25, 0.3) is 11.0 Å². The summed E-state index contributed by atoms with van der Waals surface area (Å²) in [5, 5.41) is 9.30. The Morgan fingerprint density at radius 3 is 2.55 bits per heavy atom. The van der Waals surface area contributed by atoms with E-state index in [2.05, 4.69) is 15.3 Å². The predicted molar refractivity (Wildman–Crippen MR) is 160 cm³/mol. The topological polar surface area (TPSA) is 159 Å². The molecule has 3 heterocycles. The molecule has 2 aromatic heterocycles. The standard InChI is InChI=1S/C30H34N8O4/c31-28-33-29(32)38(30(34-28)14-2-1-3-15-30)23-8-11-24(12-9-23)41-20-22-19-37(36-35-22)16-4-5-17-40-25-10-6-21-7-13-27(39)42-26(21)18-25/h6-13,18-19H,1-5,14-17,20H2,(H4,31,32,33,34). The van der Waals surface area contributed by atoms with E-state index in [4.69, 9.17) is 30.4 Å². The molecule has 1 aliphatic heterocycles. The summed E-state index contributed by atoms with van der Waals surface area (Å²) in [6, 6.07) is 16.4. The molecule has 2 aliphatic rings. The van der Waals surface area contributed by atoms with Gasteiger partial charge in [-0.05, 0) is 81.0 Å². The Morgan fingerprint density at radius 2 is 1.71 bits per heavy atom. The maximum absolute atomic E-state index is 11.4. The second-order valence-electron chi connectivity index (χ2n) is 10.6. The molecule has 12 nitrogen and oxygen atoms in total. The molecule has 0 amide bonds. The number of rotatable bonds is 10. The van der Waals surface area contributed by atoms with Crippen LogP contribution in [0.2, 0.25) is 0 Å². The highest BCUT2D eigenvalue weighted by Gasteiger charge is 2.42. The van der Waals surface area contributed by atoms with Crippen molar-refractivity contribution >= 4 is 28.6 Å². The average molecular weight is 571 g/mol. The lowest BCUT2D eigenvalue weighted by molar-refractivity contribution is 0.299. The maximum Gasteiger partial charge on any atom is 0.336 e. The number of unbranched alkanes of at least 4 members (excludes halogenated alkanes) is 1. The van der Waals surface area contributed by atoms with E-state index < -0.39 is 5.66 Å². The van der Waals surface area contributed by atoms with Gasteiger partial charge in [0.05, 0.1) is 12.8 Å². The van der Waals surface area contributed by atoms with Gasteiger partial charge < -0.3 is 25.4 Å². The second kappa shape index (κ2) is 11.9. The summed E-state index contributed by atoms with van der Waals surface area (Å²) in [5.74, 6) is 1.99. The highest BCUT2D eigenvalue weighted by Crippen LogP contribution is 2.39. The van der Waals surface area contributed by atoms with Gasteiger partial charge >= 0.3 is 5.63 Å². The van der Waals surface area contributed by atoms with Gasteiger partial charge in [0.1, 0.15) is 35.0 Å². The molecule has 0 radical (unpaired) electrons. The van der Waals surface area contributed by atoms with Crippen LogP contribution in [0.4, 0.5) is 5.69 Å². The minimum Gasteiger partial charge on any atom is -0.493 e. The van der Waals surface area contributed by atoms with Gasteiger partial charge in [0.15, 0.2) is 0 Å². The van der Waals surface area contributed by atoms with Crippen LogP contribution in [0.15, 0.2) is 80.0 Å². The van der Waals surface area contributed by atoms with Crippen LogP contribution in [0, 0.1) is 0 Å². The van der Waals surface area contributed by atoms with Crippen LogP contribution in [0.5, 0.6) is 11.5 Å². The molecule has 4 N–H and O–H groups in total. The van der Waals surface area contributed by atoms with Crippen LogP contribution in [-0.4, -0.2) is 39.2 Å². The molecule has 42 heavy (non-hydrogen) atoms. The van der Waals surface area contributed by atoms with E-state index in [1.807, 2.05) is 47.5 Å². The van der Waals surface area contributed by atoms with E-state index in [0.29, 0.717) is 42.8 Å².